The lowest BCUT2D eigenvalue weighted by Crippen LogP contribution is -2.64. The second-order valence-electron chi connectivity index (χ2n) is 4.45. The van der Waals surface area contributed by atoms with Crippen LogP contribution in [-0.4, -0.2) is 44.7 Å². The molecule has 1 aliphatic rings. The van der Waals surface area contributed by atoms with Crippen molar-refractivity contribution in [1.82, 2.24) is 4.57 Å². The van der Waals surface area contributed by atoms with E-state index in [9.17, 15) is 9.59 Å². The van der Waals surface area contributed by atoms with Crippen LogP contribution in [-0.2, 0) is 22.9 Å². The van der Waals surface area contributed by atoms with Gasteiger partial charge in [-0.1, -0.05) is 13.3 Å². The standard InChI is InChI=1S/C13H23NO5Si/c1-5-8-11(4)19-20(17-6-2,18-7-3)14-12(15)9-10-13(14)16/h9-11H,5-8H2,1-4H3. The second kappa shape index (κ2) is 7.68. The molecule has 1 atom stereocenters. The minimum Gasteiger partial charge on any atom is -0.356 e. The van der Waals surface area contributed by atoms with Crippen molar-refractivity contribution in [3.63, 3.8) is 0 Å². The van der Waals surface area contributed by atoms with Crippen molar-refractivity contribution in [3.8, 4) is 0 Å². The highest BCUT2D eigenvalue weighted by Crippen LogP contribution is 2.23. The van der Waals surface area contributed by atoms with Crippen molar-refractivity contribution in [3.05, 3.63) is 12.2 Å². The fourth-order valence-corrected chi connectivity index (χ4v) is 4.67. The Kier molecular flexibility index (Phi) is 6.54. The van der Waals surface area contributed by atoms with Gasteiger partial charge in [0.1, 0.15) is 0 Å². The predicted molar refractivity (Wildman–Crippen MR) is 75.5 cm³/mol. The third-order valence-corrected chi connectivity index (χ3v) is 5.78. The Morgan fingerprint density at radius 2 is 1.60 bits per heavy atom. The fourth-order valence-electron chi connectivity index (χ4n) is 2.05. The van der Waals surface area contributed by atoms with E-state index >= 15 is 0 Å². The van der Waals surface area contributed by atoms with Crippen molar-refractivity contribution in [1.29, 1.82) is 0 Å². The molecule has 114 valence electrons. The molecule has 0 saturated carbocycles. The molecule has 6 nitrogen and oxygen atoms in total. The normalized spacial score (nSPS) is 17.1. The van der Waals surface area contributed by atoms with Gasteiger partial charge in [-0.25, -0.2) is 4.57 Å². The van der Waals surface area contributed by atoms with Gasteiger partial charge in [0.05, 0.1) is 0 Å². The van der Waals surface area contributed by atoms with Crippen LogP contribution in [0.5, 0.6) is 0 Å². The first kappa shape index (κ1) is 17.0. The average molecular weight is 301 g/mol. The molecule has 0 spiro atoms. The summed E-state index contributed by atoms with van der Waals surface area (Å²) in [6, 6.07) is 0. The predicted octanol–water partition coefficient (Wildman–Crippen LogP) is 1.63. The van der Waals surface area contributed by atoms with E-state index in [4.69, 9.17) is 13.3 Å². The molecule has 0 aliphatic carbocycles. The van der Waals surface area contributed by atoms with Gasteiger partial charge in [-0.3, -0.25) is 9.59 Å². The summed E-state index contributed by atoms with van der Waals surface area (Å²) in [7, 11) is -3.52. The van der Waals surface area contributed by atoms with Gasteiger partial charge in [0.25, 0.3) is 11.8 Å². The molecule has 0 radical (unpaired) electrons. The van der Waals surface area contributed by atoms with E-state index in [1.807, 2.05) is 13.8 Å². The summed E-state index contributed by atoms with van der Waals surface area (Å²) in [6.07, 6.45) is 4.03. The van der Waals surface area contributed by atoms with E-state index in [1.165, 1.54) is 12.2 Å². The maximum absolute atomic E-state index is 11.9. The van der Waals surface area contributed by atoms with Gasteiger partial charge in [0, 0.05) is 31.5 Å². The molecular formula is C13H23NO5Si. The highest BCUT2D eigenvalue weighted by molar-refractivity contribution is 6.65. The summed E-state index contributed by atoms with van der Waals surface area (Å²) in [5, 5.41) is 0. The summed E-state index contributed by atoms with van der Waals surface area (Å²) in [5.74, 6) is -0.875. The molecule has 0 saturated heterocycles. The zero-order valence-electron chi connectivity index (χ0n) is 12.5. The van der Waals surface area contributed by atoms with Crippen molar-refractivity contribution < 1.29 is 22.9 Å². The van der Waals surface area contributed by atoms with E-state index in [0.29, 0.717) is 13.2 Å². The van der Waals surface area contributed by atoms with Gasteiger partial charge in [-0.2, -0.15) is 0 Å². The van der Waals surface area contributed by atoms with Crippen LogP contribution in [0.4, 0.5) is 0 Å². The SMILES string of the molecule is CCCC(C)O[Si](OCC)(OCC)N1C(=O)C=CC1=O. The highest BCUT2D eigenvalue weighted by atomic mass is 28.4. The first-order chi connectivity index (χ1) is 9.50. The first-order valence-electron chi connectivity index (χ1n) is 7.02. The highest BCUT2D eigenvalue weighted by Gasteiger charge is 2.56. The largest absolute Gasteiger partial charge is 0.643 e. The monoisotopic (exact) mass is 301 g/mol. The number of imide groups is 1. The lowest BCUT2D eigenvalue weighted by atomic mass is 10.2. The third-order valence-electron chi connectivity index (χ3n) is 2.78. The zero-order valence-corrected chi connectivity index (χ0v) is 13.5. The van der Waals surface area contributed by atoms with E-state index in [-0.39, 0.29) is 6.10 Å². The molecule has 1 unspecified atom stereocenters. The summed E-state index contributed by atoms with van der Waals surface area (Å²) >= 11 is 0. The number of hydrogen-bond acceptors (Lipinski definition) is 5. The van der Waals surface area contributed by atoms with Crippen molar-refractivity contribution in [2.45, 2.75) is 46.6 Å². The molecule has 20 heavy (non-hydrogen) atoms. The Morgan fingerprint density at radius 3 is 2.00 bits per heavy atom. The summed E-state index contributed by atoms with van der Waals surface area (Å²) in [5.41, 5.74) is 0. The van der Waals surface area contributed by atoms with Crippen molar-refractivity contribution >= 4 is 20.8 Å². The van der Waals surface area contributed by atoms with Crippen LogP contribution < -0.4 is 0 Å². The fraction of sp³-hybridized carbons (Fsp3) is 0.692. The number of carbonyl (C=O) groups excluding carboxylic acids is 2. The van der Waals surface area contributed by atoms with Crippen LogP contribution in [0.25, 0.3) is 0 Å². The molecule has 2 amide bonds. The van der Waals surface area contributed by atoms with E-state index in [2.05, 4.69) is 0 Å². The third kappa shape index (κ3) is 3.75. The molecular weight excluding hydrogens is 278 g/mol. The van der Waals surface area contributed by atoms with Gasteiger partial charge < -0.3 is 13.3 Å². The van der Waals surface area contributed by atoms with Gasteiger partial charge in [-0.05, 0) is 27.2 Å². The molecule has 0 aromatic rings. The first-order valence-corrected chi connectivity index (χ1v) is 8.69. The number of rotatable bonds is 9. The molecule has 0 N–H and O–H groups in total. The van der Waals surface area contributed by atoms with Crippen molar-refractivity contribution in [2.24, 2.45) is 0 Å². The van der Waals surface area contributed by atoms with Crippen LogP contribution in [0.15, 0.2) is 12.2 Å². The van der Waals surface area contributed by atoms with Crippen LogP contribution in [0, 0.1) is 0 Å². The Balaban J connectivity index is 3.03. The van der Waals surface area contributed by atoms with E-state index in [0.717, 1.165) is 17.4 Å². The lowest BCUT2D eigenvalue weighted by molar-refractivity contribution is -0.138. The molecule has 1 rings (SSSR count). The van der Waals surface area contributed by atoms with Crippen molar-refractivity contribution in [2.75, 3.05) is 13.2 Å². The number of amides is 2. The van der Waals surface area contributed by atoms with Gasteiger partial charge >= 0.3 is 8.97 Å². The Morgan fingerprint density at radius 1 is 1.10 bits per heavy atom. The van der Waals surface area contributed by atoms with Gasteiger partial charge in [-0.15, -0.1) is 0 Å². The lowest BCUT2D eigenvalue weighted by Gasteiger charge is -2.35. The van der Waals surface area contributed by atoms with Crippen LogP contribution >= 0.6 is 0 Å². The number of nitrogens with zero attached hydrogens (tertiary/aromatic N) is 1. The molecule has 0 aromatic heterocycles. The van der Waals surface area contributed by atoms with E-state index in [1.54, 1.807) is 13.8 Å². The zero-order chi connectivity index (χ0) is 15.2. The molecule has 0 aromatic carbocycles. The summed E-state index contributed by atoms with van der Waals surface area (Å²) in [6.45, 7) is 8.12. The molecule has 1 heterocycles. The Bertz CT molecular complexity index is 361. The number of carbonyl (C=O) groups is 2. The van der Waals surface area contributed by atoms with Gasteiger partial charge in [0.2, 0.25) is 0 Å². The number of hydrogen-bond donors (Lipinski definition) is 0. The smallest absolute Gasteiger partial charge is 0.356 e. The minimum atomic E-state index is -3.52. The maximum atomic E-state index is 11.9. The quantitative estimate of drug-likeness (QED) is 0.478. The van der Waals surface area contributed by atoms with Crippen LogP contribution in [0.3, 0.4) is 0 Å². The van der Waals surface area contributed by atoms with Crippen LogP contribution in [0.2, 0.25) is 0 Å². The summed E-state index contributed by atoms with van der Waals surface area (Å²) < 4.78 is 18.2. The maximum Gasteiger partial charge on any atom is 0.643 e. The molecule has 0 bridgehead atoms. The van der Waals surface area contributed by atoms with Crippen LogP contribution in [0.1, 0.15) is 40.5 Å². The molecule has 0 fully saturated rings. The molecule has 7 heteroatoms. The summed E-state index contributed by atoms with van der Waals surface area (Å²) in [4.78, 5) is 23.9. The Labute approximate surface area is 121 Å². The Hall–Kier alpha value is -1.02. The second-order valence-corrected chi connectivity index (χ2v) is 6.76. The van der Waals surface area contributed by atoms with Gasteiger partial charge in [0.15, 0.2) is 0 Å². The van der Waals surface area contributed by atoms with E-state index < -0.39 is 20.8 Å². The minimum absolute atomic E-state index is 0.147. The topological polar surface area (TPSA) is 65.1 Å². The molecule has 1 aliphatic heterocycles. The average Bonchev–Trinajstić information content (AvgIpc) is 2.70.